The highest BCUT2D eigenvalue weighted by atomic mass is 15.1. The maximum absolute atomic E-state index is 2.31. The van der Waals surface area contributed by atoms with E-state index in [9.17, 15) is 0 Å². The molecule has 1 atom stereocenters. The minimum atomic E-state index is 0.493. The molecule has 92 valence electrons. The predicted octanol–water partition coefficient (Wildman–Crippen LogP) is 3.75. The second kappa shape index (κ2) is 4.25. The zero-order valence-corrected chi connectivity index (χ0v) is 11.2. The number of benzene rings is 2. The molecule has 1 aliphatic carbocycles. The fraction of sp³-hybridized carbons (Fsp3) is 0.294. The van der Waals surface area contributed by atoms with Crippen LogP contribution in [0.2, 0.25) is 0 Å². The van der Waals surface area contributed by atoms with Crippen molar-refractivity contribution in [1.82, 2.24) is 4.90 Å². The average molecular weight is 237 g/mol. The molecule has 0 bridgehead atoms. The van der Waals surface area contributed by atoms with Gasteiger partial charge in [0.25, 0.3) is 0 Å². The van der Waals surface area contributed by atoms with Gasteiger partial charge in [0, 0.05) is 12.0 Å². The Morgan fingerprint density at radius 3 is 1.72 bits per heavy atom. The number of fused-ring (bicyclic) bond motifs is 3. The molecular weight excluding hydrogens is 218 g/mol. The van der Waals surface area contributed by atoms with Gasteiger partial charge in [-0.3, -0.25) is 0 Å². The van der Waals surface area contributed by atoms with Gasteiger partial charge in [-0.2, -0.15) is 0 Å². The molecule has 0 amide bonds. The van der Waals surface area contributed by atoms with E-state index in [4.69, 9.17) is 0 Å². The van der Waals surface area contributed by atoms with Crippen LogP contribution in [0.4, 0.5) is 0 Å². The van der Waals surface area contributed by atoms with Crippen molar-refractivity contribution >= 4 is 0 Å². The van der Waals surface area contributed by atoms with Crippen molar-refractivity contribution in [1.29, 1.82) is 0 Å². The molecule has 0 fully saturated rings. The van der Waals surface area contributed by atoms with Crippen LogP contribution in [-0.2, 0) is 0 Å². The number of nitrogens with zero attached hydrogens (tertiary/aromatic N) is 1. The standard InChI is InChI=1S/C17H19N/c1-12(18(2)3)17-15-10-6-4-8-13(15)14-9-5-7-11-16(14)17/h4-12,17H,1-3H3. The largest absolute Gasteiger partial charge is 0.306 e. The first-order valence-corrected chi connectivity index (χ1v) is 6.55. The molecule has 0 saturated carbocycles. The van der Waals surface area contributed by atoms with Crippen LogP contribution in [-0.4, -0.2) is 25.0 Å². The predicted molar refractivity (Wildman–Crippen MR) is 76.9 cm³/mol. The summed E-state index contributed by atoms with van der Waals surface area (Å²) in [5, 5.41) is 0. The van der Waals surface area contributed by atoms with E-state index < -0.39 is 0 Å². The van der Waals surface area contributed by atoms with Crippen molar-refractivity contribution in [3.63, 3.8) is 0 Å². The summed E-state index contributed by atoms with van der Waals surface area (Å²) in [7, 11) is 4.32. The molecule has 0 N–H and O–H groups in total. The molecule has 1 aliphatic rings. The molecular formula is C17H19N. The summed E-state index contributed by atoms with van der Waals surface area (Å²) < 4.78 is 0. The van der Waals surface area contributed by atoms with E-state index in [1.807, 2.05) is 0 Å². The molecule has 2 aromatic carbocycles. The molecule has 1 heteroatoms. The minimum absolute atomic E-state index is 0.493. The second-order valence-corrected chi connectivity index (χ2v) is 5.36. The number of likely N-dealkylation sites (N-methyl/N-ethyl adjacent to an activating group) is 1. The Morgan fingerprint density at radius 2 is 1.28 bits per heavy atom. The van der Waals surface area contributed by atoms with Gasteiger partial charge in [-0.05, 0) is 43.3 Å². The highest BCUT2D eigenvalue weighted by Gasteiger charge is 2.32. The Kier molecular flexibility index (Phi) is 2.71. The van der Waals surface area contributed by atoms with Gasteiger partial charge in [0.1, 0.15) is 0 Å². The first-order valence-electron chi connectivity index (χ1n) is 6.55. The van der Waals surface area contributed by atoms with E-state index in [0.29, 0.717) is 12.0 Å². The molecule has 18 heavy (non-hydrogen) atoms. The van der Waals surface area contributed by atoms with Crippen LogP contribution in [0.25, 0.3) is 11.1 Å². The maximum Gasteiger partial charge on any atom is 0.0255 e. The van der Waals surface area contributed by atoms with E-state index in [1.165, 1.54) is 22.3 Å². The summed E-state index contributed by atoms with van der Waals surface area (Å²) >= 11 is 0. The minimum Gasteiger partial charge on any atom is -0.306 e. The van der Waals surface area contributed by atoms with Crippen molar-refractivity contribution in [2.75, 3.05) is 14.1 Å². The van der Waals surface area contributed by atoms with Crippen LogP contribution in [0.15, 0.2) is 48.5 Å². The lowest BCUT2D eigenvalue weighted by Gasteiger charge is -2.27. The lowest BCUT2D eigenvalue weighted by Crippen LogP contribution is -2.30. The molecule has 0 spiro atoms. The van der Waals surface area contributed by atoms with Crippen LogP contribution in [0, 0.1) is 0 Å². The van der Waals surface area contributed by atoms with E-state index >= 15 is 0 Å². The zero-order valence-electron chi connectivity index (χ0n) is 11.2. The van der Waals surface area contributed by atoms with Gasteiger partial charge in [0.15, 0.2) is 0 Å². The van der Waals surface area contributed by atoms with E-state index in [1.54, 1.807) is 0 Å². The molecule has 0 heterocycles. The average Bonchev–Trinajstić information content (AvgIpc) is 2.72. The monoisotopic (exact) mass is 237 g/mol. The van der Waals surface area contributed by atoms with Gasteiger partial charge in [-0.15, -0.1) is 0 Å². The van der Waals surface area contributed by atoms with Crippen LogP contribution in [0.5, 0.6) is 0 Å². The number of rotatable bonds is 2. The normalized spacial score (nSPS) is 15.6. The quantitative estimate of drug-likeness (QED) is 0.769. The van der Waals surface area contributed by atoms with E-state index in [-0.39, 0.29) is 0 Å². The molecule has 0 aromatic heterocycles. The summed E-state index contributed by atoms with van der Waals surface area (Å²) in [6, 6.07) is 18.1. The lowest BCUT2D eigenvalue weighted by molar-refractivity contribution is 0.291. The van der Waals surface area contributed by atoms with Crippen molar-refractivity contribution in [2.24, 2.45) is 0 Å². The lowest BCUT2D eigenvalue weighted by atomic mass is 9.90. The third kappa shape index (κ3) is 1.58. The molecule has 0 radical (unpaired) electrons. The summed E-state index contributed by atoms with van der Waals surface area (Å²) in [5.74, 6) is 0.493. The smallest absolute Gasteiger partial charge is 0.0255 e. The summed E-state index contributed by atoms with van der Waals surface area (Å²) in [5.41, 5.74) is 5.76. The van der Waals surface area contributed by atoms with Crippen LogP contribution < -0.4 is 0 Å². The van der Waals surface area contributed by atoms with E-state index in [0.717, 1.165) is 0 Å². The van der Waals surface area contributed by atoms with Crippen molar-refractivity contribution in [3.8, 4) is 11.1 Å². The van der Waals surface area contributed by atoms with Crippen molar-refractivity contribution in [2.45, 2.75) is 18.9 Å². The molecule has 0 saturated heterocycles. The Bertz CT molecular complexity index is 526. The van der Waals surface area contributed by atoms with Crippen molar-refractivity contribution < 1.29 is 0 Å². The first kappa shape index (κ1) is 11.5. The van der Waals surface area contributed by atoms with Gasteiger partial charge >= 0.3 is 0 Å². The third-order valence-corrected chi connectivity index (χ3v) is 4.18. The number of hydrogen-bond donors (Lipinski definition) is 0. The topological polar surface area (TPSA) is 3.24 Å². The molecule has 3 rings (SSSR count). The number of hydrogen-bond acceptors (Lipinski definition) is 1. The molecule has 1 unspecified atom stereocenters. The summed E-state index contributed by atoms with van der Waals surface area (Å²) in [6.07, 6.45) is 0. The molecule has 0 aliphatic heterocycles. The van der Waals surface area contributed by atoms with Gasteiger partial charge in [-0.1, -0.05) is 48.5 Å². The SMILES string of the molecule is CC(C1c2ccccc2-c2ccccc21)N(C)C. The highest BCUT2D eigenvalue weighted by Crippen LogP contribution is 2.46. The molecule has 1 nitrogen and oxygen atoms in total. The fourth-order valence-corrected chi connectivity index (χ4v) is 3.01. The third-order valence-electron chi connectivity index (χ3n) is 4.18. The van der Waals surface area contributed by atoms with Gasteiger partial charge < -0.3 is 4.90 Å². The van der Waals surface area contributed by atoms with Gasteiger partial charge in [-0.25, -0.2) is 0 Å². The fourth-order valence-electron chi connectivity index (χ4n) is 3.01. The Labute approximate surface area is 109 Å². The Hall–Kier alpha value is -1.60. The second-order valence-electron chi connectivity index (χ2n) is 5.36. The van der Waals surface area contributed by atoms with Crippen LogP contribution >= 0.6 is 0 Å². The summed E-state index contributed by atoms with van der Waals surface area (Å²) in [4.78, 5) is 2.31. The van der Waals surface area contributed by atoms with Crippen molar-refractivity contribution in [3.05, 3.63) is 59.7 Å². The molecule has 2 aromatic rings. The maximum atomic E-state index is 2.31. The van der Waals surface area contributed by atoms with E-state index in [2.05, 4.69) is 74.4 Å². The Morgan fingerprint density at radius 1 is 0.833 bits per heavy atom. The van der Waals surface area contributed by atoms with Crippen LogP contribution in [0.3, 0.4) is 0 Å². The summed E-state index contributed by atoms with van der Waals surface area (Å²) in [6.45, 7) is 2.31. The zero-order chi connectivity index (χ0) is 12.7. The van der Waals surface area contributed by atoms with Gasteiger partial charge in [0.2, 0.25) is 0 Å². The first-order chi connectivity index (χ1) is 8.70. The highest BCUT2D eigenvalue weighted by molar-refractivity contribution is 5.79. The van der Waals surface area contributed by atoms with Crippen LogP contribution in [0.1, 0.15) is 24.0 Å². The Balaban J connectivity index is 2.21. The van der Waals surface area contributed by atoms with Gasteiger partial charge in [0.05, 0.1) is 0 Å².